The fourth-order valence-electron chi connectivity index (χ4n) is 11.7. The zero-order valence-electron chi connectivity index (χ0n) is 42.9. The van der Waals surface area contributed by atoms with Gasteiger partial charge in [-0.2, -0.15) is 0 Å². The number of ether oxygens (including phenoxy) is 5. The Morgan fingerprint density at radius 3 is 2.35 bits per heavy atom. The third kappa shape index (κ3) is 12.1. The summed E-state index contributed by atoms with van der Waals surface area (Å²) in [5.41, 5.74) is 3.96. The molecule has 2 N–H and O–H groups in total. The van der Waals surface area contributed by atoms with E-state index in [0.29, 0.717) is 44.1 Å². The van der Waals surface area contributed by atoms with E-state index in [1.807, 2.05) is 32.9 Å². The Morgan fingerprint density at radius 2 is 1.67 bits per heavy atom. The van der Waals surface area contributed by atoms with Gasteiger partial charge in [0.1, 0.15) is 24.0 Å². The van der Waals surface area contributed by atoms with Crippen LogP contribution in [0, 0.1) is 29.6 Å². The third-order valence-corrected chi connectivity index (χ3v) is 15.9. The van der Waals surface area contributed by atoms with E-state index in [-0.39, 0.29) is 55.6 Å². The summed E-state index contributed by atoms with van der Waals surface area (Å²) in [6.07, 6.45) is 9.25. The first-order valence-electron chi connectivity index (χ1n) is 25.4. The number of aliphatic hydroxyl groups is 2. The van der Waals surface area contributed by atoms with Crippen molar-refractivity contribution in [1.82, 2.24) is 9.47 Å². The van der Waals surface area contributed by atoms with E-state index in [0.717, 1.165) is 41.5 Å². The van der Waals surface area contributed by atoms with Crippen molar-refractivity contribution in [1.29, 1.82) is 0 Å². The summed E-state index contributed by atoms with van der Waals surface area (Å²) in [5.74, 6) is -7.41. The molecule has 69 heavy (non-hydrogen) atoms. The molecule has 0 spiro atoms. The number of Topliss-reactive ketones (excluding diaryl/α,β-unsaturated/α-hetero) is 2. The standard InChI is InChI=1S/C55H81N3O11/c1-12-22-57-24-21-40-31-41(18-20-42(40)57)56(8)43-19-17-38(30-47(43)65-9)28-35(5)50-37(7)45(59)32-46(60)39(13-2)26-33(3)25-34(4)27-48(66-10)51-49(67-11)29-36(6)55(64,69-51)52(61)53(62)58-23-15-14-16-44(58)54(63)68-50/h12,18,20-21,24,26,28,31,34,36-39,43-45,47-51,59,64H,1,13-17,19,22-23,25,27,29-30,32H2,2-11H3/b33-26+,35-28?. The minimum Gasteiger partial charge on any atom is -0.456 e. The summed E-state index contributed by atoms with van der Waals surface area (Å²) in [4.78, 5) is 61.0. The monoisotopic (exact) mass is 960 g/mol. The van der Waals surface area contributed by atoms with Crippen LogP contribution in [0.25, 0.3) is 10.9 Å². The number of ketones is 2. The Hall–Kier alpha value is -4.18. The normalized spacial score (nSPS) is 35.9. The van der Waals surface area contributed by atoms with Crippen LogP contribution in [0.2, 0.25) is 0 Å². The van der Waals surface area contributed by atoms with E-state index in [9.17, 15) is 29.4 Å². The summed E-state index contributed by atoms with van der Waals surface area (Å²) in [7, 11) is 6.93. The Labute approximate surface area is 410 Å². The molecule has 14 unspecified atom stereocenters. The number of piperidine rings is 1. The molecule has 2 saturated heterocycles. The van der Waals surface area contributed by atoms with Crippen LogP contribution in [-0.4, -0.2) is 133 Å². The van der Waals surface area contributed by atoms with Gasteiger partial charge in [0.05, 0.1) is 30.5 Å². The number of likely N-dealkylation sites (N-methyl/N-ethyl adjacent to an activating group) is 1. The first-order chi connectivity index (χ1) is 32.9. The fourth-order valence-corrected chi connectivity index (χ4v) is 11.7. The number of amides is 1. The predicted octanol–water partition coefficient (Wildman–Crippen LogP) is 7.76. The van der Waals surface area contributed by atoms with Crippen LogP contribution in [0.1, 0.15) is 112 Å². The lowest BCUT2D eigenvalue weighted by Gasteiger charge is -2.47. The average Bonchev–Trinajstić information content (AvgIpc) is 3.75. The lowest BCUT2D eigenvalue weighted by atomic mass is 9.80. The summed E-state index contributed by atoms with van der Waals surface area (Å²) >= 11 is 0. The average molecular weight is 960 g/mol. The number of aromatic nitrogens is 1. The number of rotatable bonds is 10. The molecule has 6 rings (SSSR count). The summed E-state index contributed by atoms with van der Waals surface area (Å²) in [5, 5.41) is 25.3. The molecule has 1 amide bonds. The number of carbonyl (C=O) groups excluding carboxylic acids is 4. The first-order valence-corrected chi connectivity index (χ1v) is 25.4. The van der Waals surface area contributed by atoms with Gasteiger partial charge in [-0.1, -0.05) is 51.5 Å². The van der Waals surface area contributed by atoms with E-state index in [2.05, 4.69) is 66.6 Å². The number of hydrogen-bond donors (Lipinski definition) is 2. The lowest BCUT2D eigenvalue weighted by molar-refractivity contribution is -0.302. The van der Waals surface area contributed by atoms with E-state index >= 15 is 0 Å². The molecule has 14 atom stereocenters. The van der Waals surface area contributed by atoms with Gasteiger partial charge in [0.15, 0.2) is 0 Å². The number of esters is 1. The van der Waals surface area contributed by atoms with Crippen molar-refractivity contribution in [3.05, 3.63) is 66.4 Å². The van der Waals surface area contributed by atoms with Crippen molar-refractivity contribution in [2.24, 2.45) is 29.6 Å². The number of fused-ring (bicyclic) bond motifs is 4. The highest BCUT2D eigenvalue weighted by molar-refractivity contribution is 6.39. The van der Waals surface area contributed by atoms with Gasteiger partial charge in [-0.05, 0) is 120 Å². The molecule has 1 aromatic carbocycles. The Kier molecular flexibility index (Phi) is 18.7. The van der Waals surface area contributed by atoms with Crippen molar-refractivity contribution < 1.29 is 53.1 Å². The molecule has 3 aliphatic heterocycles. The van der Waals surface area contributed by atoms with Crippen LogP contribution in [0.15, 0.2) is 66.4 Å². The molecule has 2 aromatic rings. The first kappa shape index (κ1) is 54.2. The molecule has 382 valence electrons. The fraction of sp³-hybridized carbons (Fsp3) is 0.673. The van der Waals surface area contributed by atoms with Crippen LogP contribution < -0.4 is 4.90 Å². The largest absolute Gasteiger partial charge is 0.456 e. The van der Waals surface area contributed by atoms with E-state index < -0.39 is 77.8 Å². The Morgan fingerprint density at radius 1 is 0.957 bits per heavy atom. The van der Waals surface area contributed by atoms with Gasteiger partial charge < -0.3 is 48.3 Å². The second-order valence-corrected chi connectivity index (χ2v) is 20.8. The molecule has 1 aliphatic carbocycles. The van der Waals surface area contributed by atoms with Crippen LogP contribution in [0.4, 0.5) is 5.69 Å². The number of cyclic esters (lactones) is 1. The van der Waals surface area contributed by atoms with Crippen molar-refractivity contribution >= 4 is 40.0 Å². The Bertz CT molecular complexity index is 2180. The van der Waals surface area contributed by atoms with Gasteiger partial charge in [-0.25, -0.2) is 4.79 Å². The van der Waals surface area contributed by atoms with Crippen LogP contribution in [-0.2, 0) is 49.4 Å². The van der Waals surface area contributed by atoms with E-state index in [1.165, 1.54) is 4.90 Å². The molecule has 3 fully saturated rings. The van der Waals surface area contributed by atoms with E-state index in [4.69, 9.17) is 23.7 Å². The summed E-state index contributed by atoms with van der Waals surface area (Å²) < 4.78 is 32.9. The van der Waals surface area contributed by atoms with Gasteiger partial charge in [0.25, 0.3) is 11.7 Å². The lowest BCUT2D eigenvalue weighted by Crippen LogP contribution is -2.64. The van der Waals surface area contributed by atoms with Crippen molar-refractivity contribution in [2.75, 3.05) is 39.8 Å². The molecule has 14 heteroatoms. The smallest absolute Gasteiger partial charge is 0.329 e. The summed E-state index contributed by atoms with van der Waals surface area (Å²) in [6.45, 7) is 16.1. The maximum Gasteiger partial charge on any atom is 0.329 e. The maximum atomic E-state index is 14.6. The molecule has 14 nitrogen and oxygen atoms in total. The third-order valence-electron chi connectivity index (χ3n) is 15.9. The summed E-state index contributed by atoms with van der Waals surface area (Å²) in [6, 6.07) is 7.59. The van der Waals surface area contributed by atoms with Crippen molar-refractivity contribution in [3.8, 4) is 0 Å². The molecular weight excluding hydrogens is 879 g/mol. The number of aliphatic hydroxyl groups excluding tert-OH is 1. The Balaban J connectivity index is 1.30. The SMILES string of the molecule is C=CCn1ccc2cc(N(C)C3CCC(C=C(C)C4OC(=O)C5CCCCN5C(=O)C(=O)C5(O)OC(C(OC)CC(C)C/C(C)=C/C(CC)C(=O)CC(O)C4C)C(OC)CC5C)CC3OC)ccc21. The molecule has 1 saturated carbocycles. The molecule has 4 heterocycles. The number of nitrogens with zero attached hydrogens (tertiary/aromatic N) is 3. The van der Waals surface area contributed by atoms with Crippen LogP contribution in [0.5, 0.6) is 0 Å². The second-order valence-electron chi connectivity index (χ2n) is 20.8. The quantitative estimate of drug-likeness (QED) is 0.135. The van der Waals surface area contributed by atoms with Gasteiger partial charge in [0.2, 0.25) is 5.79 Å². The highest BCUT2D eigenvalue weighted by Crippen LogP contribution is 2.40. The molecule has 4 aliphatic rings. The topological polar surface area (TPSA) is 166 Å². The van der Waals surface area contributed by atoms with Gasteiger partial charge >= 0.3 is 5.97 Å². The van der Waals surface area contributed by atoms with Gasteiger partial charge in [0, 0.05) is 88.4 Å². The maximum absolute atomic E-state index is 14.6. The molecule has 0 radical (unpaired) electrons. The second kappa shape index (κ2) is 23.8. The molecular formula is C55H81N3O11. The molecule has 1 aromatic heterocycles. The van der Waals surface area contributed by atoms with Crippen molar-refractivity contribution in [2.45, 2.75) is 173 Å². The number of anilines is 1. The van der Waals surface area contributed by atoms with Crippen molar-refractivity contribution in [3.63, 3.8) is 0 Å². The number of carbonyl (C=O) groups is 4. The number of methoxy groups -OCH3 is 3. The van der Waals surface area contributed by atoms with Crippen LogP contribution in [0.3, 0.4) is 0 Å². The number of benzene rings is 1. The number of hydrogen-bond acceptors (Lipinski definition) is 12. The van der Waals surface area contributed by atoms with E-state index in [1.54, 1.807) is 35.2 Å². The zero-order chi connectivity index (χ0) is 50.3. The molecule has 2 bridgehead atoms. The minimum absolute atomic E-state index is 0.0313. The van der Waals surface area contributed by atoms with Gasteiger partial charge in [-0.3, -0.25) is 14.4 Å². The highest BCUT2D eigenvalue weighted by atomic mass is 16.7. The van der Waals surface area contributed by atoms with Crippen LogP contribution >= 0.6 is 0 Å². The number of allylic oxidation sites excluding steroid dienone is 4. The predicted molar refractivity (Wildman–Crippen MR) is 266 cm³/mol. The minimum atomic E-state index is -2.51. The van der Waals surface area contributed by atoms with Gasteiger partial charge in [-0.15, -0.1) is 6.58 Å². The highest BCUT2D eigenvalue weighted by Gasteiger charge is 2.56. The zero-order valence-corrected chi connectivity index (χ0v) is 42.9.